The van der Waals surface area contributed by atoms with Crippen LogP contribution in [0.15, 0.2) is 11.4 Å². The number of rotatable bonds is 2. The molecule has 2 heterocycles. The van der Waals surface area contributed by atoms with E-state index in [-0.39, 0.29) is 0 Å². The van der Waals surface area contributed by atoms with Gasteiger partial charge < -0.3 is 5.32 Å². The maximum absolute atomic E-state index is 3.79. The molecule has 1 aromatic rings. The van der Waals surface area contributed by atoms with Gasteiger partial charge in [-0.25, -0.2) is 0 Å². The van der Waals surface area contributed by atoms with Crippen molar-refractivity contribution >= 4 is 11.3 Å². The molecule has 1 saturated carbocycles. The Bertz CT molecular complexity index is 376. The number of hydrogen-bond donors (Lipinski definition) is 1. The minimum absolute atomic E-state index is 0.552. The summed E-state index contributed by atoms with van der Waals surface area (Å²) >= 11 is 1.95. The molecule has 1 aromatic heterocycles. The van der Waals surface area contributed by atoms with Gasteiger partial charge in [-0.3, -0.25) is 0 Å². The number of fused-ring (bicyclic) bond motifs is 1. The second-order valence-corrected chi connectivity index (χ2v) is 6.68. The van der Waals surface area contributed by atoms with Gasteiger partial charge >= 0.3 is 0 Å². The average molecular weight is 235 g/mol. The Morgan fingerprint density at radius 3 is 2.88 bits per heavy atom. The molecule has 1 nitrogen and oxygen atoms in total. The predicted octanol–water partition coefficient (Wildman–Crippen LogP) is 3.76. The summed E-state index contributed by atoms with van der Waals surface area (Å²) < 4.78 is 0. The predicted molar refractivity (Wildman–Crippen MR) is 69.9 cm³/mol. The molecule has 1 N–H and O–H groups in total. The third kappa shape index (κ3) is 1.39. The zero-order chi connectivity index (χ0) is 11.2. The summed E-state index contributed by atoms with van der Waals surface area (Å²) in [7, 11) is 0. The molecule has 0 saturated heterocycles. The lowest BCUT2D eigenvalue weighted by Crippen LogP contribution is -2.48. The first-order valence-electron chi connectivity index (χ1n) is 6.54. The molecule has 0 radical (unpaired) electrons. The van der Waals surface area contributed by atoms with Gasteiger partial charge in [0.2, 0.25) is 0 Å². The summed E-state index contributed by atoms with van der Waals surface area (Å²) in [6, 6.07) is 3.00. The Labute approximate surface area is 102 Å². The highest BCUT2D eigenvalue weighted by Crippen LogP contribution is 2.56. The van der Waals surface area contributed by atoms with Gasteiger partial charge in [0.05, 0.1) is 0 Å². The molecule has 1 aliphatic heterocycles. The standard InChI is InChI=1S/C14H21NS/c1-10(2)14(6-3-7-14)13-11-5-9-16-12(11)4-8-15-13/h5,9-10,13,15H,3-4,6-8H2,1-2H3. The third-order valence-electron chi connectivity index (χ3n) is 4.80. The van der Waals surface area contributed by atoms with Crippen molar-refractivity contribution in [2.45, 2.75) is 45.6 Å². The normalized spacial score (nSPS) is 27.6. The summed E-state index contributed by atoms with van der Waals surface area (Å²) in [6.07, 6.45) is 5.49. The molecule has 2 heteroatoms. The Kier molecular flexibility index (Phi) is 2.60. The van der Waals surface area contributed by atoms with Crippen molar-refractivity contribution in [3.8, 4) is 0 Å². The Hall–Kier alpha value is -0.340. The first kappa shape index (κ1) is 10.8. The summed E-state index contributed by atoms with van der Waals surface area (Å²) in [5.41, 5.74) is 2.17. The molecule has 1 aliphatic carbocycles. The smallest absolute Gasteiger partial charge is 0.0390 e. The fourth-order valence-electron chi connectivity index (χ4n) is 3.55. The van der Waals surface area contributed by atoms with E-state index in [0.717, 1.165) is 5.92 Å². The summed E-state index contributed by atoms with van der Waals surface area (Å²) in [6.45, 7) is 5.98. The van der Waals surface area contributed by atoms with Gasteiger partial charge in [-0.2, -0.15) is 0 Å². The van der Waals surface area contributed by atoms with Crippen LogP contribution in [0.25, 0.3) is 0 Å². The summed E-state index contributed by atoms with van der Waals surface area (Å²) in [5, 5.41) is 6.07. The summed E-state index contributed by atoms with van der Waals surface area (Å²) in [5.74, 6) is 0.796. The van der Waals surface area contributed by atoms with Crippen LogP contribution in [0.1, 0.15) is 49.6 Å². The van der Waals surface area contributed by atoms with E-state index in [2.05, 4.69) is 30.6 Å². The van der Waals surface area contributed by atoms with Gasteiger partial charge in [-0.05, 0) is 47.6 Å². The minimum atomic E-state index is 0.552. The van der Waals surface area contributed by atoms with Crippen molar-refractivity contribution in [3.05, 3.63) is 21.9 Å². The van der Waals surface area contributed by atoms with E-state index in [4.69, 9.17) is 0 Å². The van der Waals surface area contributed by atoms with Crippen molar-refractivity contribution in [2.24, 2.45) is 11.3 Å². The lowest BCUT2D eigenvalue weighted by atomic mass is 9.56. The van der Waals surface area contributed by atoms with E-state index in [1.807, 2.05) is 11.3 Å². The second kappa shape index (κ2) is 3.85. The van der Waals surface area contributed by atoms with Gasteiger partial charge in [0.15, 0.2) is 0 Å². The quantitative estimate of drug-likeness (QED) is 0.823. The summed E-state index contributed by atoms with van der Waals surface area (Å²) in [4.78, 5) is 1.63. The van der Waals surface area contributed by atoms with Gasteiger partial charge in [-0.15, -0.1) is 11.3 Å². The van der Waals surface area contributed by atoms with Crippen LogP contribution < -0.4 is 5.32 Å². The van der Waals surface area contributed by atoms with E-state index in [9.17, 15) is 0 Å². The maximum Gasteiger partial charge on any atom is 0.0390 e. The van der Waals surface area contributed by atoms with Crippen LogP contribution in [0.4, 0.5) is 0 Å². The molecule has 0 bridgehead atoms. The van der Waals surface area contributed by atoms with Crippen LogP contribution in [0.3, 0.4) is 0 Å². The van der Waals surface area contributed by atoms with Crippen LogP contribution in [0.2, 0.25) is 0 Å². The topological polar surface area (TPSA) is 12.0 Å². The van der Waals surface area contributed by atoms with Crippen LogP contribution in [-0.2, 0) is 6.42 Å². The van der Waals surface area contributed by atoms with Crippen molar-refractivity contribution in [1.29, 1.82) is 0 Å². The lowest BCUT2D eigenvalue weighted by Gasteiger charge is -2.52. The monoisotopic (exact) mass is 235 g/mol. The molecule has 1 fully saturated rings. The zero-order valence-corrected chi connectivity index (χ0v) is 11.1. The fraction of sp³-hybridized carbons (Fsp3) is 0.714. The second-order valence-electron chi connectivity index (χ2n) is 5.68. The first-order valence-corrected chi connectivity index (χ1v) is 7.42. The third-order valence-corrected chi connectivity index (χ3v) is 5.80. The lowest BCUT2D eigenvalue weighted by molar-refractivity contribution is 0.0168. The van der Waals surface area contributed by atoms with Crippen molar-refractivity contribution < 1.29 is 0 Å². The number of hydrogen-bond acceptors (Lipinski definition) is 2. The van der Waals surface area contributed by atoms with E-state index < -0.39 is 0 Å². The number of nitrogens with one attached hydrogen (secondary N) is 1. The van der Waals surface area contributed by atoms with Crippen LogP contribution >= 0.6 is 11.3 Å². The van der Waals surface area contributed by atoms with E-state index in [1.54, 1.807) is 10.4 Å². The molecule has 1 atom stereocenters. The SMILES string of the molecule is CC(C)C1(C2NCCc3sccc32)CCC1. The van der Waals surface area contributed by atoms with E-state index >= 15 is 0 Å². The van der Waals surface area contributed by atoms with Gasteiger partial charge in [0, 0.05) is 17.5 Å². The minimum Gasteiger partial charge on any atom is -0.309 e. The molecule has 1 unspecified atom stereocenters. The van der Waals surface area contributed by atoms with Crippen LogP contribution in [-0.4, -0.2) is 6.54 Å². The number of thiophene rings is 1. The highest BCUT2D eigenvalue weighted by atomic mass is 32.1. The maximum atomic E-state index is 3.79. The molecular formula is C14H21NS. The van der Waals surface area contributed by atoms with Gasteiger partial charge in [0.25, 0.3) is 0 Å². The molecule has 3 rings (SSSR count). The molecule has 88 valence electrons. The van der Waals surface area contributed by atoms with Gasteiger partial charge in [0.1, 0.15) is 0 Å². The van der Waals surface area contributed by atoms with E-state index in [0.29, 0.717) is 11.5 Å². The Morgan fingerprint density at radius 2 is 2.25 bits per heavy atom. The van der Waals surface area contributed by atoms with Crippen molar-refractivity contribution in [1.82, 2.24) is 5.32 Å². The zero-order valence-electron chi connectivity index (χ0n) is 10.3. The first-order chi connectivity index (χ1) is 7.74. The average Bonchev–Trinajstić information content (AvgIpc) is 2.63. The van der Waals surface area contributed by atoms with E-state index in [1.165, 1.54) is 32.2 Å². The Balaban J connectivity index is 1.97. The van der Waals surface area contributed by atoms with Gasteiger partial charge in [-0.1, -0.05) is 20.3 Å². The molecule has 0 amide bonds. The highest BCUT2D eigenvalue weighted by molar-refractivity contribution is 7.10. The molecular weight excluding hydrogens is 214 g/mol. The largest absolute Gasteiger partial charge is 0.309 e. The molecule has 16 heavy (non-hydrogen) atoms. The van der Waals surface area contributed by atoms with Crippen molar-refractivity contribution in [2.75, 3.05) is 6.54 Å². The molecule has 0 spiro atoms. The fourth-order valence-corrected chi connectivity index (χ4v) is 4.47. The highest BCUT2D eigenvalue weighted by Gasteiger charge is 2.48. The Morgan fingerprint density at radius 1 is 1.44 bits per heavy atom. The molecule has 2 aliphatic rings. The van der Waals surface area contributed by atoms with Crippen LogP contribution in [0, 0.1) is 11.3 Å². The van der Waals surface area contributed by atoms with Crippen molar-refractivity contribution in [3.63, 3.8) is 0 Å². The molecule has 0 aromatic carbocycles. The van der Waals surface area contributed by atoms with Crippen LogP contribution in [0.5, 0.6) is 0 Å².